The fourth-order valence-corrected chi connectivity index (χ4v) is 2.18. The lowest BCUT2D eigenvalue weighted by molar-refractivity contribution is -0.673. The summed E-state index contributed by atoms with van der Waals surface area (Å²) in [4.78, 5) is 25.8. The minimum atomic E-state index is -0.274. The highest BCUT2D eigenvalue weighted by molar-refractivity contribution is 6.33. The van der Waals surface area contributed by atoms with Gasteiger partial charge in [-0.1, -0.05) is 18.2 Å². The Morgan fingerprint density at radius 3 is 2.33 bits per heavy atom. The highest BCUT2D eigenvalue weighted by Crippen LogP contribution is 2.25. The number of amides is 2. The minimum absolute atomic E-state index is 0.266. The van der Waals surface area contributed by atoms with Crippen LogP contribution in [0.4, 0.5) is 5.69 Å². The molecule has 3 rings (SSSR count). The SMILES string of the molecule is C[n+]1cccc2c1C(=O)N(c1ccccc1)C2=O. The second-order valence-electron chi connectivity index (χ2n) is 4.16. The van der Waals surface area contributed by atoms with Gasteiger partial charge in [0.1, 0.15) is 12.6 Å². The number of aromatic nitrogens is 1. The van der Waals surface area contributed by atoms with Crippen LogP contribution in [0.3, 0.4) is 0 Å². The summed E-state index contributed by atoms with van der Waals surface area (Å²) in [6.45, 7) is 0. The van der Waals surface area contributed by atoms with Gasteiger partial charge in [0, 0.05) is 6.07 Å². The van der Waals surface area contributed by atoms with Crippen LogP contribution in [0.5, 0.6) is 0 Å². The molecule has 1 aliphatic rings. The highest BCUT2D eigenvalue weighted by atomic mass is 16.2. The highest BCUT2D eigenvalue weighted by Gasteiger charge is 2.43. The Kier molecular flexibility index (Phi) is 2.23. The largest absolute Gasteiger partial charge is 0.330 e. The molecule has 0 saturated heterocycles. The molecule has 18 heavy (non-hydrogen) atoms. The van der Waals surface area contributed by atoms with E-state index in [0.29, 0.717) is 16.9 Å². The van der Waals surface area contributed by atoms with E-state index in [0.717, 1.165) is 0 Å². The number of fused-ring (bicyclic) bond motifs is 1. The predicted molar refractivity (Wildman–Crippen MR) is 65.2 cm³/mol. The van der Waals surface area contributed by atoms with Crippen molar-refractivity contribution in [3.05, 3.63) is 59.9 Å². The number of hydrogen-bond donors (Lipinski definition) is 0. The van der Waals surface area contributed by atoms with Gasteiger partial charge in [-0.2, -0.15) is 4.57 Å². The molecule has 1 aromatic carbocycles. The molecule has 88 valence electrons. The van der Waals surface area contributed by atoms with Crippen molar-refractivity contribution in [2.24, 2.45) is 7.05 Å². The molecule has 0 fully saturated rings. The predicted octanol–water partition coefficient (Wildman–Crippen LogP) is 1.31. The molecule has 0 N–H and O–H groups in total. The number of para-hydroxylation sites is 1. The zero-order chi connectivity index (χ0) is 12.7. The smallest absolute Gasteiger partial charge is 0.268 e. The maximum absolute atomic E-state index is 12.3. The molecule has 4 heteroatoms. The fraction of sp³-hybridized carbons (Fsp3) is 0.0714. The first-order chi connectivity index (χ1) is 8.70. The van der Waals surface area contributed by atoms with Crippen molar-refractivity contribution in [1.82, 2.24) is 0 Å². The van der Waals surface area contributed by atoms with Crippen LogP contribution in [0.1, 0.15) is 20.8 Å². The maximum Gasteiger partial charge on any atom is 0.330 e. The van der Waals surface area contributed by atoms with Crippen LogP contribution in [0, 0.1) is 0 Å². The molecule has 2 heterocycles. The maximum atomic E-state index is 12.3. The summed E-state index contributed by atoms with van der Waals surface area (Å²) in [5.41, 5.74) is 1.49. The lowest BCUT2D eigenvalue weighted by Gasteiger charge is -2.11. The lowest BCUT2D eigenvalue weighted by Crippen LogP contribution is -2.38. The van der Waals surface area contributed by atoms with E-state index in [1.165, 1.54) is 4.90 Å². The molecule has 2 amide bonds. The molecule has 0 atom stereocenters. The Morgan fingerprint density at radius 2 is 1.67 bits per heavy atom. The summed E-state index contributed by atoms with van der Waals surface area (Å²) >= 11 is 0. The van der Waals surface area contributed by atoms with Crippen LogP contribution >= 0.6 is 0 Å². The van der Waals surface area contributed by atoms with E-state index < -0.39 is 0 Å². The van der Waals surface area contributed by atoms with E-state index >= 15 is 0 Å². The van der Waals surface area contributed by atoms with E-state index in [1.807, 2.05) is 6.07 Å². The number of carbonyl (C=O) groups excluding carboxylic acids is 2. The van der Waals surface area contributed by atoms with Crippen LogP contribution in [-0.4, -0.2) is 11.8 Å². The number of benzene rings is 1. The van der Waals surface area contributed by atoms with Crippen molar-refractivity contribution >= 4 is 17.5 Å². The van der Waals surface area contributed by atoms with Gasteiger partial charge in [-0.25, -0.2) is 4.90 Å². The van der Waals surface area contributed by atoms with Crippen LogP contribution in [-0.2, 0) is 7.05 Å². The standard InChI is InChI=1S/C14H11N2O2/c1-15-9-5-8-11-12(15)14(18)16(13(11)17)10-6-3-2-4-7-10/h2-9H,1H3/q+1. The minimum Gasteiger partial charge on any atom is -0.268 e. The summed E-state index contributed by atoms with van der Waals surface area (Å²) in [7, 11) is 1.76. The van der Waals surface area contributed by atoms with Gasteiger partial charge in [0.2, 0.25) is 0 Å². The number of nitrogens with zero attached hydrogens (tertiary/aromatic N) is 2. The number of carbonyl (C=O) groups is 2. The molecule has 4 nitrogen and oxygen atoms in total. The molecule has 0 bridgehead atoms. The van der Waals surface area contributed by atoms with Crippen molar-refractivity contribution < 1.29 is 14.2 Å². The third-order valence-corrected chi connectivity index (χ3v) is 3.03. The van der Waals surface area contributed by atoms with Crippen LogP contribution in [0.15, 0.2) is 48.7 Å². The zero-order valence-electron chi connectivity index (χ0n) is 9.83. The second-order valence-corrected chi connectivity index (χ2v) is 4.16. The van der Waals surface area contributed by atoms with Gasteiger partial charge >= 0.3 is 5.91 Å². The van der Waals surface area contributed by atoms with Crippen LogP contribution < -0.4 is 9.47 Å². The monoisotopic (exact) mass is 239 g/mol. The van der Waals surface area contributed by atoms with Gasteiger partial charge in [0.05, 0.1) is 5.69 Å². The molecule has 2 aromatic rings. The van der Waals surface area contributed by atoms with Gasteiger partial charge < -0.3 is 0 Å². The number of rotatable bonds is 1. The van der Waals surface area contributed by atoms with Gasteiger partial charge in [-0.3, -0.25) is 9.59 Å². The van der Waals surface area contributed by atoms with Crippen molar-refractivity contribution in [3.63, 3.8) is 0 Å². The van der Waals surface area contributed by atoms with Gasteiger partial charge in [-0.05, 0) is 18.2 Å². The van der Waals surface area contributed by atoms with Gasteiger partial charge in [0.15, 0.2) is 6.20 Å². The Balaban J connectivity index is 2.17. The summed E-state index contributed by atoms with van der Waals surface area (Å²) in [5.74, 6) is -0.540. The average Bonchev–Trinajstić information content (AvgIpc) is 2.64. The van der Waals surface area contributed by atoms with E-state index in [2.05, 4.69) is 0 Å². The first-order valence-corrected chi connectivity index (χ1v) is 5.62. The Bertz CT molecular complexity index is 650. The molecule has 0 saturated carbocycles. The Morgan fingerprint density at radius 1 is 0.944 bits per heavy atom. The average molecular weight is 239 g/mol. The second kappa shape index (κ2) is 3.77. The molecular weight excluding hydrogens is 228 g/mol. The van der Waals surface area contributed by atoms with E-state index in [4.69, 9.17) is 0 Å². The quantitative estimate of drug-likeness (QED) is 0.556. The summed E-state index contributed by atoms with van der Waals surface area (Å²) in [5, 5.41) is 0. The van der Waals surface area contributed by atoms with E-state index in [-0.39, 0.29) is 11.8 Å². The summed E-state index contributed by atoms with van der Waals surface area (Å²) in [6, 6.07) is 12.4. The first-order valence-electron chi connectivity index (χ1n) is 5.62. The Hall–Kier alpha value is -2.49. The van der Waals surface area contributed by atoms with Crippen molar-refractivity contribution in [3.8, 4) is 0 Å². The Labute approximate surface area is 104 Å². The number of imide groups is 1. The van der Waals surface area contributed by atoms with E-state index in [1.54, 1.807) is 54.2 Å². The van der Waals surface area contributed by atoms with Crippen LogP contribution in [0.25, 0.3) is 0 Å². The van der Waals surface area contributed by atoms with Crippen molar-refractivity contribution in [1.29, 1.82) is 0 Å². The molecule has 0 unspecified atom stereocenters. The molecule has 1 aliphatic heterocycles. The van der Waals surface area contributed by atoms with Crippen molar-refractivity contribution in [2.45, 2.75) is 0 Å². The van der Waals surface area contributed by atoms with Crippen LogP contribution in [0.2, 0.25) is 0 Å². The third-order valence-electron chi connectivity index (χ3n) is 3.03. The molecule has 0 aliphatic carbocycles. The number of hydrogen-bond acceptors (Lipinski definition) is 2. The number of aryl methyl sites for hydroxylation is 1. The van der Waals surface area contributed by atoms with E-state index in [9.17, 15) is 9.59 Å². The number of anilines is 1. The normalized spacial score (nSPS) is 13.9. The number of pyridine rings is 1. The van der Waals surface area contributed by atoms with Gasteiger partial charge in [0.25, 0.3) is 11.6 Å². The summed E-state index contributed by atoms with van der Waals surface area (Å²) < 4.78 is 1.68. The van der Waals surface area contributed by atoms with Gasteiger partial charge in [-0.15, -0.1) is 0 Å². The van der Waals surface area contributed by atoms with Crippen molar-refractivity contribution in [2.75, 3.05) is 4.90 Å². The molecule has 0 spiro atoms. The fourth-order valence-electron chi connectivity index (χ4n) is 2.18. The third kappa shape index (κ3) is 1.35. The molecular formula is C14H11N2O2+. The topological polar surface area (TPSA) is 41.3 Å². The zero-order valence-corrected chi connectivity index (χ0v) is 9.83. The molecule has 1 aromatic heterocycles. The first kappa shape index (κ1) is 10.7. The lowest BCUT2D eigenvalue weighted by atomic mass is 10.2. The summed E-state index contributed by atoms with van der Waals surface area (Å²) in [6.07, 6.45) is 1.76. The molecule has 0 radical (unpaired) electrons.